The van der Waals surface area contributed by atoms with Gasteiger partial charge in [-0.2, -0.15) is 0 Å². The van der Waals surface area contributed by atoms with Crippen molar-refractivity contribution < 1.29 is 9.53 Å². The Hall–Kier alpha value is -1.81. The first-order chi connectivity index (χ1) is 11.2. The van der Waals surface area contributed by atoms with Crippen molar-refractivity contribution in [2.24, 2.45) is 0 Å². The fourth-order valence-electron chi connectivity index (χ4n) is 2.77. The molecule has 1 aromatic carbocycles. The Bertz CT molecular complexity index is 692. The van der Waals surface area contributed by atoms with E-state index >= 15 is 0 Å². The molecule has 1 unspecified atom stereocenters. The predicted molar refractivity (Wildman–Crippen MR) is 94.3 cm³/mol. The second kappa shape index (κ2) is 7.18. The van der Waals surface area contributed by atoms with Gasteiger partial charge in [-0.05, 0) is 67.3 Å². The van der Waals surface area contributed by atoms with Crippen molar-refractivity contribution in [1.82, 2.24) is 5.32 Å². The molecule has 3 nitrogen and oxygen atoms in total. The summed E-state index contributed by atoms with van der Waals surface area (Å²) in [7, 11) is 0. The Morgan fingerprint density at radius 3 is 2.96 bits per heavy atom. The smallest absolute Gasteiger partial charge is 0.261 e. The van der Waals surface area contributed by atoms with Crippen molar-refractivity contribution >= 4 is 17.2 Å². The summed E-state index contributed by atoms with van der Waals surface area (Å²) in [6.45, 7) is 4.59. The Kier molecular flexibility index (Phi) is 5.01. The standard InChI is InChI=1S/C19H23NO2S/c1-3-13(2)20-19(21)18-9-14(12-23-18)11-22-17-8-7-15-5-4-6-16(15)10-17/h7-10,12-13H,3-6,11H2,1-2H3,(H,20,21). The lowest BCUT2D eigenvalue weighted by Crippen LogP contribution is -2.31. The number of fused-ring (bicyclic) bond motifs is 1. The van der Waals surface area contributed by atoms with Crippen LogP contribution in [0.3, 0.4) is 0 Å². The third-order valence-corrected chi connectivity index (χ3v) is 5.32. The molecule has 2 aromatic rings. The third kappa shape index (κ3) is 3.94. The number of carbonyl (C=O) groups is 1. The lowest BCUT2D eigenvalue weighted by molar-refractivity contribution is 0.0943. The number of hydrogen-bond donors (Lipinski definition) is 1. The number of thiophene rings is 1. The zero-order valence-corrected chi connectivity index (χ0v) is 14.5. The number of nitrogens with one attached hydrogen (secondary N) is 1. The number of benzene rings is 1. The number of ether oxygens (including phenoxy) is 1. The van der Waals surface area contributed by atoms with Crippen LogP contribution in [0.2, 0.25) is 0 Å². The molecule has 0 radical (unpaired) electrons. The molecule has 1 N–H and O–H groups in total. The molecule has 0 aliphatic heterocycles. The van der Waals surface area contributed by atoms with Gasteiger partial charge in [0.15, 0.2) is 0 Å². The highest BCUT2D eigenvalue weighted by molar-refractivity contribution is 7.12. The van der Waals surface area contributed by atoms with Crippen LogP contribution in [0.15, 0.2) is 29.6 Å². The SMILES string of the molecule is CCC(C)NC(=O)c1cc(COc2ccc3c(c2)CCC3)cs1. The van der Waals surface area contributed by atoms with Crippen LogP contribution in [0.4, 0.5) is 0 Å². The van der Waals surface area contributed by atoms with Crippen LogP contribution in [0.25, 0.3) is 0 Å². The number of carbonyl (C=O) groups excluding carboxylic acids is 1. The van der Waals surface area contributed by atoms with Gasteiger partial charge in [0.1, 0.15) is 12.4 Å². The number of amides is 1. The van der Waals surface area contributed by atoms with Gasteiger partial charge in [0.05, 0.1) is 4.88 Å². The van der Waals surface area contributed by atoms with Gasteiger partial charge in [0.25, 0.3) is 5.91 Å². The lowest BCUT2D eigenvalue weighted by atomic mass is 10.1. The summed E-state index contributed by atoms with van der Waals surface area (Å²) in [4.78, 5) is 12.8. The van der Waals surface area contributed by atoms with Crippen LogP contribution in [0.5, 0.6) is 5.75 Å². The van der Waals surface area contributed by atoms with Gasteiger partial charge < -0.3 is 10.1 Å². The Labute approximate surface area is 141 Å². The Morgan fingerprint density at radius 2 is 2.13 bits per heavy atom. The van der Waals surface area contributed by atoms with E-state index in [1.807, 2.05) is 24.4 Å². The molecule has 1 heterocycles. The topological polar surface area (TPSA) is 38.3 Å². The van der Waals surface area contributed by atoms with Gasteiger partial charge in [-0.3, -0.25) is 4.79 Å². The van der Waals surface area contributed by atoms with E-state index < -0.39 is 0 Å². The van der Waals surface area contributed by atoms with E-state index in [2.05, 4.69) is 24.4 Å². The molecule has 1 atom stereocenters. The predicted octanol–water partition coefficient (Wildman–Crippen LogP) is 4.34. The normalized spacial score (nSPS) is 14.3. The van der Waals surface area contributed by atoms with E-state index in [4.69, 9.17) is 4.74 Å². The van der Waals surface area contributed by atoms with Crippen LogP contribution in [0.1, 0.15) is 53.1 Å². The average Bonchev–Trinajstić information content (AvgIpc) is 3.21. The van der Waals surface area contributed by atoms with Crippen LogP contribution in [-0.2, 0) is 19.4 Å². The summed E-state index contributed by atoms with van der Waals surface area (Å²) in [6, 6.07) is 8.51. The summed E-state index contributed by atoms with van der Waals surface area (Å²) in [5.74, 6) is 0.926. The first-order valence-electron chi connectivity index (χ1n) is 8.28. The van der Waals surface area contributed by atoms with Gasteiger partial charge in [-0.25, -0.2) is 0 Å². The first kappa shape index (κ1) is 16.1. The molecule has 0 saturated carbocycles. The van der Waals surface area contributed by atoms with Gasteiger partial charge >= 0.3 is 0 Å². The summed E-state index contributed by atoms with van der Waals surface area (Å²) in [5, 5.41) is 4.99. The van der Waals surface area contributed by atoms with Gasteiger partial charge in [-0.15, -0.1) is 11.3 Å². The fraction of sp³-hybridized carbons (Fsp3) is 0.421. The highest BCUT2D eigenvalue weighted by atomic mass is 32.1. The Balaban J connectivity index is 1.58. The number of rotatable bonds is 6. The maximum atomic E-state index is 12.1. The highest BCUT2D eigenvalue weighted by Crippen LogP contribution is 2.26. The molecule has 0 fully saturated rings. The molecule has 1 amide bonds. The molecular formula is C19H23NO2S. The zero-order valence-electron chi connectivity index (χ0n) is 13.7. The lowest BCUT2D eigenvalue weighted by Gasteiger charge is -2.09. The number of aryl methyl sites for hydroxylation is 2. The monoisotopic (exact) mass is 329 g/mol. The average molecular weight is 329 g/mol. The van der Waals surface area contributed by atoms with Crippen molar-refractivity contribution in [3.8, 4) is 5.75 Å². The highest BCUT2D eigenvalue weighted by Gasteiger charge is 2.13. The molecule has 0 saturated heterocycles. The second-order valence-corrected chi connectivity index (χ2v) is 7.09. The van der Waals surface area contributed by atoms with Crippen LogP contribution >= 0.6 is 11.3 Å². The third-order valence-electron chi connectivity index (χ3n) is 4.34. The van der Waals surface area contributed by atoms with Crippen molar-refractivity contribution in [3.63, 3.8) is 0 Å². The number of hydrogen-bond acceptors (Lipinski definition) is 3. The van der Waals surface area contributed by atoms with Crippen LogP contribution in [0, 0.1) is 0 Å². The minimum absolute atomic E-state index is 0.00753. The summed E-state index contributed by atoms with van der Waals surface area (Å²) >= 11 is 1.47. The minimum Gasteiger partial charge on any atom is -0.489 e. The molecule has 23 heavy (non-hydrogen) atoms. The van der Waals surface area contributed by atoms with Crippen LogP contribution < -0.4 is 10.1 Å². The molecule has 0 bridgehead atoms. The fourth-order valence-corrected chi connectivity index (χ4v) is 3.57. The summed E-state index contributed by atoms with van der Waals surface area (Å²) in [5.41, 5.74) is 3.92. The molecule has 122 valence electrons. The molecule has 0 spiro atoms. The van der Waals surface area contributed by atoms with Gasteiger partial charge in [0.2, 0.25) is 0 Å². The van der Waals surface area contributed by atoms with Crippen LogP contribution in [-0.4, -0.2) is 11.9 Å². The quantitative estimate of drug-likeness (QED) is 0.856. The van der Waals surface area contributed by atoms with Crippen molar-refractivity contribution in [3.05, 3.63) is 51.2 Å². The van der Waals surface area contributed by atoms with Gasteiger partial charge in [0, 0.05) is 11.6 Å². The molecule has 1 aliphatic carbocycles. The van der Waals surface area contributed by atoms with E-state index in [9.17, 15) is 4.79 Å². The van der Waals surface area contributed by atoms with E-state index in [0.29, 0.717) is 6.61 Å². The van der Waals surface area contributed by atoms with Gasteiger partial charge in [-0.1, -0.05) is 13.0 Å². The minimum atomic E-state index is 0.00753. The van der Waals surface area contributed by atoms with E-state index in [-0.39, 0.29) is 11.9 Å². The van der Waals surface area contributed by atoms with E-state index in [1.165, 1.54) is 35.3 Å². The summed E-state index contributed by atoms with van der Waals surface area (Å²) in [6.07, 6.45) is 4.53. The summed E-state index contributed by atoms with van der Waals surface area (Å²) < 4.78 is 5.89. The molecule has 4 heteroatoms. The maximum Gasteiger partial charge on any atom is 0.261 e. The maximum absolute atomic E-state index is 12.1. The largest absolute Gasteiger partial charge is 0.489 e. The van der Waals surface area contributed by atoms with Crippen molar-refractivity contribution in [2.45, 2.75) is 52.2 Å². The first-order valence-corrected chi connectivity index (χ1v) is 9.16. The Morgan fingerprint density at radius 1 is 1.30 bits per heavy atom. The molecule has 1 aromatic heterocycles. The molecule has 1 aliphatic rings. The van der Waals surface area contributed by atoms with Crippen molar-refractivity contribution in [2.75, 3.05) is 0 Å². The molecule has 3 rings (SSSR count). The second-order valence-electron chi connectivity index (χ2n) is 6.17. The molecular weight excluding hydrogens is 306 g/mol. The van der Waals surface area contributed by atoms with Crippen molar-refractivity contribution in [1.29, 1.82) is 0 Å². The zero-order chi connectivity index (χ0) is 16.2. The van der Waals surface area contributed by atoms with E-state index in [1.54, 1.807) is 0 Å². The van der Waals surface area contributed by atoms with E-state index in [0.717, 1.165) is 29.0 Å².